The van der Waals surface area contributed by atoms with Gasteiger partial charge in [-0.1, -0.05) is 55.4 Å². The Bertz CT molecular complexity index is 1080. The Balaban J connectivity index is 1.16. The molecule has 9 heteroatoms. The number of nitrogens with one attached hydrogen (secondary N) is 2. The van der Waals surface area contributed by atoms with E-state index in [0.717, 1.165) is 42.5 Å². The summed E-state index contributed by atoms with van der Waals surface area (Å²) >= 11 is 1.46. The molecular weight excluding hydrogens is 460 g/mol. The highest BCUT2D eigenvalue weighted by Gasteiger charge is 2.44. The minimum absolute atomic E-state index is 0.0265. The van der Waals surface area contributed by atoms with Crippen molar-refractivity contribution in [1.82, 2.24) is 20.8 Å². The van der Waals surface area contributed by atoms with E-state index >= 15 is 0 Å². The number of amidine groups is 1. The van der Waals surface area contributed by atoms with E-state index in [2.05, 4.69) is 63.3 Å². The van der Waals surface area contributed by atoms with E-state index < -0.39 is 0 Å². The van der Waals surface area contributed by atoms with E-state index in [0.29, 0.717) is 5.75 Å². The van der Waals surface area contributed by atoms with E-state index in [1.54, 1.807) is 4.90 Å². The summed E-state index contributed by atoms with van der Waals surface area (Å²) in [5, 5.41) is 7.54. The van der Waals surface area contributed by atoms with Crippen LogP contribution in [-0.4, -0.2) is 52.6 Å². The molecule has 35 heavy (non-hydrogen) atoms. The predicted molar refractivity (Wildman–Crippen MR) is 141 cm³/mol. The number of para-hydroxylation sites is 1. The van der Waals surface area contributed by atoms with Crippen LogP contribution < -0.4 is 20.5 Å². The second-order valence-electron chi connectivity index (χ2n) is 8.91. The van der Waals surface area contributed by atoms with Crippen molar-refractivity contribution < 1.29 is 9.53 Å². The molecule has 0 spiro atoms. The van der Waals surface area contributed by atoms with Crippen LogP contribution in [0.15, 0.2) is 72.1 Å². The number of fused-ring (bicyclic) bond motifs is 3. The van der Waals surface area contributed by atoms with Gasteiger partial charge < -0.3 is 19.5 Å². The molecule has 184 valence electrons. The maximum Gasteiger partial charge on any atom is 0.237 e. The second-order valence-corrected chi connectivity index (χ2v) is 9.86. The first-order valence-corrected chi connectivity index (χ1v) is 13.1. The van der Waals surface area contributed by atoms with Crippen LogP contribution in [0.4, 0.5) is 5.69 Å². The maximum absolute atomic E-state index is 12.7. The minimum atomic E-state index is 0.0265. The van der Waals surface area contributed by atoms with Crippen molar-refractivity contribution in [2.24, 2.45) is 5.10 Å². The van der Waals surface area contributed by atoms with Gasteiger partial charge in [-0.2, -0.15) is 5.10 Å². The molecule has 1 saturated heterocycles. The van der Waals surface area contributed by atoms with Crippen LogP contribution in [0.3, 0.4) is 0 Å². The van der Waals surface area contributed by atoms with Crippen LogP contribution in [0.5, 0.6) is 5.75 Å². The highest BCUT2D eigenvalue weighted by atomic mass is 32.2. The molecule has 3 aliphatic heterocycles. The highest BCUT2D eigenvalue weighted by molar-refractivity contribution is 8.14. The molecule has 5 rings (SSSR count). The van der Waals surface area contributed by atoms with Crippen molar-refractivity contribution >= 4 is 28.5 Å². The number of amides is 1. The quantitative estimate of drug-likeness (QED) is 0.542. The van der Waals surface area contributed by atoms with Crippen LogP contribution in [0.1, 0.15) is 37.8 Å². The molecule has 1 fully saturated rings. The predicted octanol–water partition coefficient (Wildman–Crippen LogP) is 3.87. The molecule has 3 heterocycles. The normalized spacial score (nSPS) is 22.3. The molecule has 3 aliphatic rings. The fourth-order valence-corrected chi connectivity index (χ4v) is 5.40. The Hall–Kier alpha value is -3.17. The van der Waals surface area contributed by atoms with E-state index in [4.69, 9.17) is 4.74 Å². The minimum Gasteiger partial charge on any atom is -0.494 e. The number of ether oxygens (including phenoxy) is 1. The fraction of sp³-hybridized carbons (Fsp3) is 0.385. The Labute approximate surface area is 211 Å². The van der Waals surface area contributed by atoms with Crippen molar-refractivity contribution in [3.63, 3.8) is 0 Å². The lowest BCUT2D eigenvalue weighted by atomic mass is 10.00. The number of rotatable bonds is 8. The number of hydrogen-bond donors (Lipinski definition) is 2. The number of benzene rings is 2. The van der Waals surface area contributed by atoms with Crippen molar-refractivity contribution in [3.8, 4) is 5.75 Å². The van der Waals surface area contributed by atoms with E-state index in [-0.39, 0.29) is 24.2 Å². The molecule has 0 radical (unpaired) electrons. The maximum atomic E-state index is 12.7. The van der Waals surface area contributed by atoms with Crippen molar-refractivity contribution in [1.29, 1.82) is 0 Å². The van der Waals surface area contributed by atoms with Crippen molar-refractivity contribution in [2.45, 2.75) is 44.4 Å². The number of hydrogen-bond acceptors (Lipinski definition) is 8. The first-order valence-electron chi connectivity index (χ1n) is 12.2. The number of nitrogens with zero attached hydrogens (tertiary/aromatic N) is 4. The van der Waals surface area contributed by atoms with Crippen LogP contribution in [-0.2, 0) is 4.79 Å². The van der Waals surface area contributed by atoms with Gasteiger partial charge in [-0.3, -0.25) is 10.2 Å². The number of carbonyl (C=O) groups is 1. The monoisotopic (exact) mass is 492 g/mol. The van der Waals surface area contributed by atoms with Crippen LogP contribution in [0, 0.1) is 0 Å². The molecular formula is C26H32N6O2S. The molecule has 0 aromatic heterocycles. The Morgan fingerprint density at radius 1 is 1.17 bits per heavy atom. The van der Waals surface area contributed by atoms with Gasteiger partial charge in [0.25, 0.3) is 0 Å². The van der Waals surface area contributed by atoms with Crippen molar-refractivity contribution in [2.75, 3.05) is 24.3 Å². The number of carbonyl (C=O) groups excluding carboxylic acids is 1. The number of unbranched alkanes of at least 4 members (excludes halogenated alkanes) is 1. The van der Waals surface area contributed by atoms with Crippen LogP contribution >= 0.6 is 11.8 Å². The third kappa shape index (κ3) is 5.11. The zero-order chi connectivity index (χ0) is 24.2. The summed E-state index contributed by atoms with van der Waals surface area (Å²) < 4.78 is 5.80. The number of hydrazine groups is 1. The van der Waals surface area contributed by atoms with Gasteiger partial charge in [-0.05, 0) is 42.7 Å². The average Bonchev–Trinajstić information content (AvgIpc) is 3.52. The zero-order valence-corrected chi connectivity index (χ0v) is 20.9. The summed E-state index contributed by atoms with van der Waals surface area (Å²) in [5.41, 5.74) is 9.03. The number of anilines is 1. The molecule has 3 atom stereocenters. The summed E-state index contributed by atoms with van der Waals surface area (Å²) in [4.78, 5) is 16.5. The molecule has 1 amide bonds. The van der Waals surface area contributed by atoms with E-state index in [9.17, 15) is 4.79 Å². The van der Waals surface area contributed by atoms with Gasteiger partial charge in [0.1, 0.15) is 11.9 Å². The second kappa shape index (κ2) is 10.6. The topological polar surface area (TPSA) is 72.4 Å². The van der Waals surface area contributed by atoms with Gasteiger partial charge in [0.15, 0.2) is 5.17 Å². The summed E-state index contributed by atoms with van der Waals surface area (Å²) in [6.45, 7) is 2.93. The average molecular weight is 493 g/mol. The van der Waals surface area contributed by atoms with Gasteiger partial charge in [0.05, 0.1) is 24.4 Å². The lowest BCUT2D eigenvalue weighted by Gasteiger charge is -2.36. The fourth-order valence-electron chi connectivity index (χ4n) is 4.52. The Kier molecular flexibility index (Phi) is 7.15. The summed E-state index contributed by atoms with van der Waals surface area (Å²) in [6.07, 6.45) is 7.26. The SMILES string of the molecule is CCCCOc1ccc(C2CC3C4NN=C(SCC(=O)N(C)c5ccccc5)N4C=CN3N2)cc1. The summed E-state index contributed by atoms with van der Waals surface area (Å²) in [7, 11) is 1.81. The third-order valence-electron chi connectivity index (χ3n) is 6.60. The standard InChI is InChI=1S/C26H32N6O2S/c1-3-4-16-34-21-12-10-19(11-13-21)22-17-23-25-27-28-26(31(25)14-15-32(23)29-22)35-18-24(33)30(2)20-8-6-5-7-9-20/h5-15,22-23,25,27,29H,3-4,16-18H2,1-2H3. The van der Waals surface area contributed by atoms with E-state index in [1.165, 1.54) is 17.3 Å². The van der Waals surface area contributed by atoms with Crippen LogP contribution in [0.25, 0.3) is 0 Å². The lowest BCUT2D eigenvalue weighted by Crippen LogP contribution is -2.54. The summed E-state index contributed by atoms with van der Waals surface area (Å²) in [6, 6.07) is 18.5. The molecule has 0 aliphatic carbocycles. The first-order chi connectivity index (χ1) is 17.1. The molecule has 0 bridgehead atoms. The zero-order valence-electron chi connectivity index (χ0n) is 20.1. The molecule has 2 aromatic rings. The molecule has 2 N–H and O–H groups in total. The summed E-state index contributed by atoms with van der Waals surface area (Å²) in [5.74, 6) is 1.29. The number of hydrazone groups is 1. The Morgan fingerprint density at radius 2 is 1.97 bits per heavy atom. The smallest absolute Gasteiger partial charge is 0.237 e. The highest BCUT2D eigenvalue weighted by Crippen LogP contribution is 2.35. The van der Waals surface area contributed by atoms with Gasteiger partial charge >= 0.3 is 0 Å². The largest absolute Gasteiger partial charge is 0.494 e. The number of thioether (sulfide) groups is 1. The van der Waals surface area contributed by atoms with Gasteiger partial charge in [0, 0.05) is 25.1 Å². The van der Waals surface area contributed by atoms with Crippen molar-refractivity contribution in [3.05, 3.63) is 72.6 Å². The van der Waals surface area contributed by atoms with Gasteiger partial charge in [-0.15, -0.1) is 0 Å². The molecule has 3 unspecified atom stereocenters. The molecule has 8 nitrogen and oxygen atoms in total. The Morgan fingerprint density at radius 3 is 2.74 bits per heavy atom. The van der Waals surface area contributed by atoms with E-state index in [1.807, 2.05) is 43.6 Å². The third-order valence-corrected chi connectivity index (χ3v) is 7.55. The van der Waals surface area contributed by atoms with Crippen LogP contribution in [0.2, 0.25) is 0 Å². The van der Waals surface area contributed by atoms with Gasteiger partial charge in [0.2, 0.25) is 5.91 Å². The molecule has 2 aromatic carbocycles. The molecule has 0 saturated carbocycles. The lowest BCUT2D eigenvalue weighted by molar-refractivity contribution is -0.115. The first kappa shape index (κ1) is 23.6. The van der Waals surface area contributed by atoms with Gasteiger partial charge in [-0.25, -0.2) is 5.43 Å².